The average molecular weight is 401 g/mol. The van der Waals surface area contributed by atoms with Gasteiger partial charge in [0, 0.05) is 13.1 Å². The lowest BCUT2D eigenvalue weighted by molar-refractivity contribution is -0.117. The first kappa shape index (κ1) is 18.5. The summed E-state index contributed by atoms with van der Waals surface area (Å²) in [6.07, 6.45) is 3.83. The van der Waals surface area contributed by atoms with E-state index in [1.165, 1.54) is 23.9 Å². The molecule has 0 aliphatic carbocycles. The number of rotatable bonds is 7. The van der Waals surface area contributed by atoms with E-state index < -0.39 is 11.2 Å². The van der Waals surface area contributed by atoms with E-state index in [1.807, 2.05) is 16.7 Å². The molecule has 1 atom stereocenters. The predicted molar refractivity (Wildman–Crippen MR) is 103 cm³/mol. The molecule has 1 aliphatic rings. The molecule has 1 fully saturated rings. The summed E-state index contributed by atoms with van der Waals surface area (Å²) in [5.74, 6) is 0.624. The quantitative estimate of drug-likeness (QED) is 0.612. The molecule has 2 N–H and O–H groups in total. The molecule has 0 radical (unpaired) electrons. The van der Waals surface area contributed by atoms with Gasteiger partial charge in [0.05, 0.1) is 12.8 Å². The van der Waals surface area contributed by atoms with Crippen LogP contribution in [0.15, 0.2) is 52.2 Å². The Labute approximate surface area is 165 Å². The van der Waals surface area contributed by atoms with Gasteiger partial charge in [0.15, 0.2) is 5.16 Å². The van der Waals surface area contributed by atoms with Crippen molar-refractivity contribution in [3.05, 3.63) is 59.8 Å². The maximum atomic E-state index is 13.3. The van der Waals surface area contributed by atoms with Crippen LogP contribution in [0.2, 0.25) is 0 Å². The first-order valence-corrected chi connectivity index (χ1v) is 9.92. The van der Waals surface area contributed by atoms with Crippen molar-refractivity contribution < 1.29 is 13.6 Å². The average Bonchev–Trinajstić information content (AvgIpc) is 3.43. The molecule has 3 aromatic rings. The zero-order chi connectivity index (χ0) is 19.5. The number of carbonyl (C=O) groups is 1. The van der Waals surface area contributed by atoms with Crippen LogP contribution in [0, 0.1) is 5.82 Å². The highest BCUT2D eigenvalue weighted by Gasteiger charge is 2.27. The van der Waals surface area contributed by atoms with E-state index in [2.05, 4.69) is 15.1 Å². The predicted octanol–water partition coefficient (Wildman–Crippen LogP) is 2.98. The van der Waals surface area contributed by atoms with Crippen molar-refractivity contribution in [2.24, 2.45) is 5.73 Å². The maximum absolute atomic E-state index is 13.3. The first-order valence-electron chi connectivity index (χ1n) is 9.04. The molecule has 3 heterocycles. The standard InChI is InChI=1S/C19H20FN5O2S/c20-14-7-5-13(6-8-14)16(17(21)26)28-19-23-22-18(24-9-1-2-10-24)25(19)12-15-4-3-11-27-15/h3-8,11,16H,1-2,9-10,12H2,(H2,21,26). The van der Waals surface area contributed by atoms with E-state index in [9.17, 15) is 9.18 Å². The van der Waals surface area contributed by atoms with Crippen molar-refractivity contribution in [1.82, 2.24) is 14.8 Å². The van der Waals surface area contributed by atoms with Crippen LogP contribution in [0.4, 0.5) is 10.3 Å². The lowest BCUT2D eigenvalue weighted by Gasteiger charge is -2.19. The first-order chi connectivity index (χ1) is 13.6. The largest absolute Gasteiger partial charge is 0.467 e. The van der Waals surface area contributed by atoms with Crippen molar-refractivity contribution in [3.8, 4) is 0 Å². The minimum Gasteiger partial charge on any atom is -0.467 e. The Morgan fingerprint density at radius 1 is 1.21 bits per heavy atom. The Morgan fingerprint density at radius 2 is 1.96 bits per heavy atom. The number of hydrogen-bond donors (Lipinski definition) is 1. The Bertz CT molecular complexity index is 936. The van der Waals surface area contributed by atoms with Crippen LogP contribution in [0.5, 0.6) is 0 Å². The van der Waals surface area contributed by atoms with E-state index in [-0.39, 0.29) is 5.82 Å². The number of thioether (sulfide) groups is 1. The van der Waals surface area contributed by atoms with Gasteiger partial charge < -0.3 is 15.1 Å². The summed E-state index contributed by atoms with van der Waals surface area (Å²) in [6, 6.07) is 9.46. The van der Waals surface area contributed by atoms with E-state index in [4.69, 9.17) is 10.2 Å². The van der Waals surface area contributed by atoms with E-state index >= 15 is 0 Å². The Kier molecular flexibility index (Phi) is 5.34. The minimum absolute atomic E-state index is 0.366. The second-order valence-electron chi connectivity index (χ2n) is 6.59. The summed E-state index contributed by atoms with van der Waals surface area (Å²) in [5, 5.41) is 8.54. The number of aromatic nitrogens is 3. The van der Waals surface area contributed by atoms with Crippen LogP contribution in [0.25, 0.3) is 0 Å². The Hall–Kier alpha value is -2.81. The molecule has 1 aliphatic heterocycles. The third kappa shape index (κ3) is 3.89. The van der Waals surface area contributed by atoms with Crippen LogP contribution in [-0.2, 0) is 11.3 Å². The molecular weight excluding hydrogens is 381 g/mol. The summed E-state index contributed by atoms with van der Waals surface area (Å²) in [6.45, 7) is 2.28. The number of hydrogen-bond acceptors (Lipinski definition) is 6. The van der Waals surface area contributed by atoms with Crippen molar-refractivity contribution in [2.75, 3.05) is 18.0 Å². The molecule has 146 valence electrons. The summed E-state index contributed by atoms with van der Waals surface area (Å²) in [4.78, 5) is 14.3. The normalized spacial score (nSPS) is 15.1. The molecule has 0 bridgehead atoms. The van der Waals surface area contributed by atoms with Crippen molar-refractivity contribution in [3.63, 3.8) is 0 Å². The Morgan fingerprint density at radius 3 is 2.61 bits per heavy atom. The number of nitrogens with zero attached hydrogens (tertiary/aromatic N) is 4. The van der Waals surface area contributed by atoms with Gasteiger partial charge in [-0.15, -0.1) is 10.2 Å². The molecule has 0 saturated carbocycles. The van der Waals surface area contributed by atoms with Gasteiger partial charge in [-0.2, -0.15) is 0 Å². The molecule has 1 aromatic carbocycles. The SMILES string of the molecule is NC(=O)C(Sc1nnc(N2CCCC2)n1Cc1ccco1)c1ccc(F)cc1. The third-order valence-electron chi connectivity index (χ3n) is 4.63. The molecule has 1 saturated heterocycles. The molecule has 2 aromatic heterocycles. The lowest BCUT2D eigenvalue weighted by atomic mass is 10.1. The highest BCUT2D eigenvalue weighted by atomic mass is 32.2. The number of anilines is 1. The molecular formula is C19H20FN5O2S. The second-order valence-corrected chi connectivity index (χ2v) is 7.67. The van der Waals surface area contributed by atoms with E-state index in [1.54, 1.807) is 18.4 Å². The minimum atomic E-state index is -0.702. The summed E-state index contributed by atoms with van der Waals surface area (Å²) >= 11 is 1.21. The molecule has 28 heavy (non-hydrogen) atoms. The van der Waals surface area contributed by atoms with Crippen LogP contribution in [0.3, 0.4) is 0 Å². The molecule has 7 nitrogen and oxygen atoms in total. The van der Waals surface area contributed by atoms with Gasteiger partial charge in [-0.05, 0) is 42.7 Å². The van der Waals surface area contributed by atoms with Gasteiger partial charge >= 0.3 is 0 Å². The van der Waals surface area contributed by atoms with Crippen molar-refractivity contribution in [2.45, 2.75) is 29.8 Å². The molecule has 0 spiro atoms. The maximum Gasteiger partial charge on any atom is 0.235 e. The fourth-order valence-electron chi connectivity index (χ4n) is 3.25. The summed E-state index contributed by atoms with van der Waals surface area (Å²) in [7, 11) is 0. The molecule has 1 amide bonds. The van der Waals surface area contributed by atoms with Crippen LogP contribution in [0.1, 0.15) is 29.4 Å². The topological polar surface area (TPSA) is 90.2 Å². The van der Waals surface area contributed by atoms with Crippen molar-refractivity contribution >= 4 is 23.6 Å². The summed E-state index contributed by atoms with van der Waals surface area (Å²) < 4.78 is 20.7. The zero-order valence-electron chi connectivity index (χ0n) is 15.1. The second kappa shape index (κ2) is 8.05. The number of halogens is 1. The number of carbonyl (C=O) groups excluding carboxylic acids is 1. The van der Waals surface area contributed by atoms with Gasteiger partial charge in [-0.3, -0.25) is 9.36 Å². The fraction of sp³-hybridized carbons (Fsp3) is 0.316. The number of amides is 1. The fourth-order valence-corrected chi connectivity index (χ4v) is 4.23. The van der Waals surface area contributed by atoms with Gasteiger partial charge in [-0.25, -0.2) is 4.39 Å². The van der Waals surface area contributed by atoms with Crippen LogP contribution < -0.4 is 10.6 Å². The number of benzene rings is 1. The van der Waals surface area contributed by atoms with Crippen LogP contribution in [-0.4, -0.2) is 33.8 Å². The number of furan rings is 1. The van der Waals surface area contributed by atoms with Gasteiger partial charge in [0.1, 0.15) is 16.8 Å². The van der Waals surface area contributed by atoms with Gasteiger partial charge in [0.2, 0.25) is 11.9 Å². The monoisotopic (exact) mass is 401 g/mol. The number of nitrogens with two attached hydrogens (primary N) is 1. The van der Waals surface area contributed by atoms with Crippen molar-refractivity contribution in [1.29, 1.82) is 0 Å². The highest BCUT2D eigenvalue weighted by molar-refractivity contribution is 8.00. The molecule has 4 rings (SSSR count). The zero-order valence-corrected chi connectivity index (χ0v) is 15.9. The highest BCUT2D eigenvalue weighted by Crippen LogP contribution is 2.36. The van der Waals surface area contributed by atoms with Gasteiger partial charge in [0.25, 0.3) is 0 Å². The van der Waals surface area contributed by atoms with E-state index in [0.29, 0.717) is 17.3 Å². The van der Waals surface area contributed by atoms with Gasteiger partial charge in [-0.1, -0.05) is 23.9 Å². The van der Waals surface area contributed by atoms with E-state index in [0.717, 1.165) is 37.6 Å². The summed E-state index contributed by atoms with van der Waals surface area (Å²) in [5.41, 5.74) is 6.25. The molecule has 9 heteroatoms. The Balaban J connectivity index is 1.67. The number of primary amides is 1. The smallest absolute Gasteiger partial charge is 0.235 e. The van der Waals surface area contributed by atoms with Crippen LogP contribution >= 0.6 is 11.8 Å². The molecule has 1 unspecified atom stereocenters. The lowest BCUT2D eigenvalue weighted by Crippen LogP contribution is -2.23. The third-order valence-corrected chi connectivity index (χ3v) is 5.89.